The molecule has 4 N–H and O–H groups in total. The van der Waals surface area contributed by atoms with Crippen LogP contribution in [-0.2, 0) is 14.4 Å². The molecule has 0 aliphatic rings. The summed E-state index contributed by atoms with van der Waals surface area (Å²) in [5.41, 5.74) is 5.25. The molecule has 6 heteroatoms. The van der Waals surface area contributed by atoms with E-state index in [0.29, 0.717) is 12.8 Å². The predicted molar refractivity (Wildman–Crippen MR) is 55.8 cm³/mol. The third-order valence-corrected chi connectivity index (χ3v) is 2.20. The molecule has 6 nitrogen and oxygen atoms in total. The van der Waals surface area contributed by atoms with E-state index in [1.807, 2.05) is 0 Å². The Kier molecular flexibility index (Phi) is 6.52. The zero-order valence-electron chi connectivity index (χ0n) is 9.18. The number of rotatable bonds is 8. The maximum Gasteiger partial charge on any atom is 0.320 e. The highest BCUT2D eigenvalue weighted by atomic mass is 16.4. The topological polar surface area (TPSA) is 118 Å². The first-order chi connectivity index (χ1) is 7.36. The van der Waals surface area contributed by atoms with Crippen LogP contribution in [0, 0.1) is 0 Å². The van der Waals surface area contributed by atoms with Crippen LogP contribution >= 0.6 is 0 Å². The van der Waals surface area contributed by atoms with Crippen LogP contribution in [0.3, 0.4) is 0 Å². The van der Waals surface area contributed by atoms with Gasteiger partial charge in [-0.05, 0) is 19.8 Å². The van der Waals surface area contributed by atoms with Crippen LogP contribution < -0.4 is 5.73 Å². The molecule has 0 aliphatic carbocycles. The summed E-state index contributed by atoms with van der Waals surface area (Å²) in [5.74, 6) is -2.18. The number of ketones is 2. The number of hydrogen-bond acceptors (Lipinski definition) is 5. The molecule has 0 rings (SSSR count). The molecule has 0 radical (unpaired) electrons. The van der Waals surface area contributed by atoms with Gasteiger partial charge < -0.3 is 15.9 Å². The van der Waals surface area contributed by atoms with Gasteiger partial charge in [0.1, 0.15) is 6.04 Å². The fourth-order valence-electron chi connectivity index (χ4n) is 1.15. The monoisotopic (exact) mass is 231 g/mol. The zero-order valence-corrected chi connectivity index (χ0v) is 9.18. The molecule has 0 aromatic heterocycles. The Hall–Kier alpha value is -1.27. The Balaban J connectivity index is 3.71. The molecule has 0 aromatic rings. The molecule has 0 amide bonds. The highest BCUT2D eigenvalue weighted by Crippen LogP contribution is 2.05. The first kappa shape index (κ1) is 14.7. The molecule has 0 bridgehead atoms. The average Bonchev–Trinajstić information content (AvgIpc) is 2.22. The number of carboxylic acid groups (broad SMARTS) is 1. The van der Waals surface area contributed by atoms with Gasteiger partial charge in [0.2, 0.25) is 0 Å². The highest BCUT2D eigenvalue weighted by molar-refractivity contribution is 6.03. The molecule has 2 atom stereocenters. The number of hydrogen-bond donors (Lipinski definition) is 3. The minimum absolute atomic E-state index is 0.0626. The Morgan fingerprint density at radius 1 is 1.25 bits per heavy atom. The van der Waals surface area contributed by atoms with Gasteiger partial charge in [0, 0.05) is 6.42 Å². The molecular formula is C10H17NO5. The van der Waals surface area contributed by atoms with Crippen molar-refractivity contribution in [1.82, 2.24) is 0 Å². The standard InChI is InChI=1S/C10H17NO5/c1-6(12)9(14)8(13)5-3-2-4-7(11)10(15)16/h7,9,14H,2-5,11H2,1H3,(H,15,16). The van der Waals surface area contributed by atoms with Crippen LogP contribution in [-0.4, -0.2) is 39.9 Å². The number of nitrogens with two attached hydrogens (primary N) is 1. The molecule has 92 valence electrons. The summed E-state index contributed by atoms with van der Waals surface area (Å²) in [5, 5.41) is 17.5. The van der Waals surface area contributed by atoms with Gasteiger partial charge in [-0.15, -0.1) is 0 Å². The SMILES string of the molecule is CC(=O)C(O)C(=O)CCCCC(N)C(=O)O. The van der Waals surface area contributed by atoms with Crippen molar-refractivity contribution in [3.8, 4) is 0 Å². The van der Waals surface area contributed by atoms with Crippen molar-refractivity contribution in [2.45, 2.75) is 44.8 Å². The molecule has 0 fully saturated rings. The molecular weight excluding hydrogens is 214 g/mol. The smallest absolute Gasteiger partial charge is 0.320 e. The van der Waals surface area contributed by atoms with E-state index in [2.05, 4.69) is 0 Å². The maximum absolute atomic E-state index is 11.1. The van der Waals surface area contributed by atoms with E-state index in [4.69, 9.17) is 15.9 Å². The van der Waals surface area contributed by atoms with Gasteiger partial charge in [0.15, 0.2) is 17.7 Å². The first-order valence-electron chi connectivity index (χ1n) is 5.06. The number of aliphatic carboxylic acids is 1. The van der Waals surface area contributed by atoms with E-state index < -0.39 is 29.7 Å². The lowest BCUT2D eigenvalue weighted by Crippen LogP contribution is -2.30. The normalized spacial score (nSPS) is 14.2. The van der Waals surface area contributed by atoms with E-state index in [0.717, 1.165) is 6.92 Å². The van der Waals surface area contributed by atoms with Crippen molar-refractivity contribution >= 4 is 17.5 Å². The molecule has 2 unspecified atom stereocenters. The van der Waals surface area contributed by atoms with Gasteiger partial charge in [0.05, 0.1) is 0 Å². The zero-order chi connectivity index (χ0) is 12.7. The quantitative estimate of drug-likeness (QED) is 0.382. The fourth-order valence-corrected chi connectivity index (χ4v) is 1.15. The summed E-state index contributed by atoms with van der Waals surface area (Å²) in [6.45, 7) is 1.14. The second-order valence-corrected chi connectivity index (χ2v) is 3.67. The van der Waals surface area contributed by atoms with Gasteiger partial charge in [-0.1, -0.05) is 6.42 Å². The van der Waals surface area contributed by atoms with Crippen molar-refractivity contribution < 1.29 is 24.6 Å². The lowest BCUT2D eigenvalue weighted by atomic mass is 10.0. The number of aliphatic hydroxyl groups is 1. The van der Waals surface area contributed by atoms with E-state index in [1.54, 1.807) is 0 Å². The van der Waals surface area contributed by atoms with Crippen LogP contribution in [0.25, 0.3) is 0 Å². The summed E-state index contributed by atoms with van der Waals surface area (Å²) in [7, 11) is 0. The van der Waals surface area contributed by atoms with Crippen LogP contribution in [0.15, 0.2) is 0 Å². The van der Waals surface area contributed by atoms with Crippen LogP contribution in [0.1, 0.15) is 32.6 Å². The average molecular weight is 231 g/mol. The summed E-state index contributed by atoms with van der Waals surface area (Å²) in [6.07, 6.45) is -0.312. The Morgan fingerprint density at radius 3 is 2.25 bits per heavy atom. The van der Waals surface area contributed by atoms with Crippen molar-refractivity contribution in [2.75, 3.05) is 0 Å². The van der Waals surface area contributed by atoms with E-state index >= 15 is 0 Å². The molecule has 0 saturated carbocycles. The van der Waals surface area contributed by atoms with Crippen LogP contribution in [0.5, 0.6) is 0 Å². The lowest BCUT2D eigenvalue weighted by Gasteiger charge is -2.07. The van der Waals surface area contributed by atoms with Crippen molar-refractivity contribution in [3.63, 3.8) is 0 Å². The molecule has 0 aromatic carbocycles. The minimum Gasteiger partial charge on any atom is -0.480 e. The third-order valence-electron chi connectivity index (χ3n) is 2.20. The van der Waals surface area contributed by atoms with Gasteiger partial charge in [-0.3, -0.25) is 14.4 Å². The van der Waals surface area contributed by atoms with E-state index in [9.17, 15) is 14.4 Å². The number of unbranched alkanes of at least 4 members (excludes halogenated alkanes) is 1. The number of Topliss-reactive ketones (excluding diaryl/α,β-unsaturated/α-hetero) is 2. The summed E-state index contributed by atoms with van der Waals surface area (Å²) in [4.78, 5) is 32.1. The Labute approximate surface area is 93.4 Å². The van der Waals surface area contributed by atoms with Gasteiger partial charge in [-0.2, -0.15) is 0 Å². The van der Waals surface area contributed by atoms with Crippen molar-refractivity contribution in [3.05, 3.63) is 0 Å². The van der Waals surface area contributed by atoms with Crippen LogP contribution in [0.2, 0.25) is 0 Å². The van der Waals surface area contributed by atoms with E-state index in [1.165, 1.54) is 0 Å². The molecule has 0 saturated heterocycles. The molecule has 0 aliphatic heterocycles. The van der Waals surface area contributed by atoms with Gasteiger partial charge in [-0.25, -0.2) is 0 Å². The molecule has 0 spiro atoms. The Morgan fingerprint density at radius 2 is 1.81 bits per heavy atom. The van der Waals surface area contributed by atoms with E-state index in [-0.39, 0.29) is 12.8 Å². The highest BCUT2D eigenvalue weighted by Gasteiger charge is 2.19. The predicted octanol–water partition coefficient (Wildman–Crippen LogP) is -0.522. The number of carbonyl (C=O) groups excluding carboxylic acids is 2. The van der Waals surface area contributed by atoms with Crippen LogP contribution in [0.4, 0.5) is 0 Å². The first-order valence-corrected chi connectivity index (χ1v) is 5.06. The fraction of sp³-hybridized carbons (Fsp3) is 0.700. The lowest BCUT2D eigenvalue weighted by molar-refractivity contribution is -0.139. The van der Waals surface area contributed by atoms with Crippen molar-refractivity contribution in [2.24, 2.45) is 5.73 Å². The third kappa shape index (κ3) is 5.57. The van der Waals surface area contributed by atoms with Crippen molar-refractivity contribution in [1.29, 1.82) is 0 Å². The van der Waals surface area contributed by atoms with Gasteiger partial charge in [0.25, 0.3) is 0 Å². The largest absolute Gasteiger partial charge is 0.480 e. The Bertz CT molecular complexity index is 276. The molecule has 16 heavy (non-hydrogen) atoms. The summed E-state index contributed by atoms with van der Waals surface area (Å²) >= 11 is 0. The summed E-state index contributed by atoms with van der Waals surface area (Å²) < 4.78 is 0. The summed E-state index contributed by atoms with van der Waals surface area (Å²) in [6, 6.07) is -0.923. The number of carboxylic acids is 1. The maximum atomic E-state index is 11.1. The number of carbonyl (C=O) groups is 3. The minimum atomic E-state index is -1.55. The molecule has 0 heterocycles. The van der Waals surface area contributed by atoms with Gasteiger partial charge >= 0.3 is 5.97 Å². The second-order valence-electron chi connectivity index (χ2n) is 3.67. The number of aliphatic hydroxyl groups excluding tert-OH is 1. The second kappa shape index (κ2) is 7.08.